The van der Waals surface area contributed by atoms with Gasteiger partial charge in [-0.3, -0.25) is 4.79 Å². The summed E-state index contributed by atoms with van der Waals surface area (Å²) < 4.78 is 0. The zero-order valence-corrected chi connectivity index (χ0v) is 7.99. The monoisotopic (exact) mass is 188 g/mol. The number of aliphatic carboxylic acids is 1. The van der Waals surface area contributed by atoms with Crippen molar-refractivity contribution in [2.24, 2.45) is 5.73 Å². The lowest BCUT2D eigenvalue weighted by Crippen LogP contribution is -2.40. The Labute approximate surface area is 77.5 Å². The minimum absolute atomic E-state index is 0.180. The molecule has 5 heteroatoms. The molecule has 0 aliphatic carbocycles. The van der Waals surface area contributed by atoms with E-state index < -0.39 is 12.0 Å². The van der Waals surface area contributed by atoms with E-state index in [2.05, 4.69) is 0 Å². The summed E-state index contributed by atoms with van der Waals surface area (Å²) in [5.74, 6) is -1.18. The van der Waals surface area contributed by atoms with E-state index >= 15 is 0 Å². The fourth-order valence-electron chi connectivity index (χ4n) is 0.811. The fourth-order valence-corrected chi connectivity index (χ4v) is 0.811. The highest BCUT2D eigenvalue weighted by molar-refractivity contribution is 5.83. The molecular weight excluding hydrogens is 172 g/mol. The Morgan fingerprint density at radius 3 is 2.46 bits per heavy atom. The second kappa shape index (κ2) is 5.53. The van der Waals surface area contributed by atoms with Gasteiger partial charge < -0.3 is 15.7 Å². The summed E-state index contributed by atoms with van der Waals surface area (Å²) in [6.45, 7) is 1.92. The smallest absolute Gasteiger partial charge is 0.326 e. The van der Waals surface area contributed by atoms with E-state index in [1.54, 1.807) is 0 Å². The minimum atomic E-state index is -0.997. The van der Waals surface area contributed by atoms with Crippen LogP contribution in [0.3, 0.4) is 0 Å². The molecule has 13 heavy (non-hydrogen) atoms. The zero-order chi connectivity index (χ0) is 10.4. The van der Waals surface area contributed by atoms with Gasteiger partial charge in [-0.2, -0.15) is 0 Å². The van der Waals surface area contributed by atoms with Crippen LogP contribution >= 0.6 is 0 Å². The first-order chi connectivity index (χ1) is 6.00. The molecule has 1 atom stereocenters. The number of hydrogen-bond donors (Lipinski definition) is 2. The average Bonchev–Trinajstić information content (AvgIpc) is 2.11. The third-order valence-electron chi connectivity index (χ3n) is 1.93. The summed E-state index contributed by atoms with van der Waals surface area (Å²) >= 11 is 0. The predicted octanol–water partition coefficient (Wildman–Crippen LogP) is -0.343. The molecule has 0 bridgehead atoms. The lowest BCUT2D eigenvalue weighted by atomic mass is 10.2. The minimum Gasteiger partial charge on any atom is -0.480 e. The van der Waals surface area contributed by atoms with E-state index in [4.69, 9.17) is 10.8 Å². The number of carboxylic acids is 1. The Bertz CT molecular complexity index is 194. The van der Waals surface area contributed by atoms with Crippen LogP contribution in [0.15, 0.2) is 0 Å². The molecule has 76 valence electrons. The fraction of sp³-hybridized carbons (Fsp3) is 0.750. The number of carboxylic acid groups (broad SMARTS) is 1. The summed E-state index contributed by atoms with van der Waals surface area (Å²) in [5.41, 5.74) is 5.23. The molecule has 0 saturated heterocycles. The van der Waals surface area contributed by atoms with Gasteiger partial charge >= 0.3 is 5.97 Å². The van der Waals surface area contributed by atoms with Gasteiger partial charge in [-0.15, -0.1) is 0 Å². The number of rotatable bonds is 5. The molecule has 0 heterocycles. The van der Waals surface area contributed by atoms with Gasteiger partial charge in [-0.1, -0.05) is 0 Å². The van der Waals surface area contributed by atoms with Crippen LogP contribution in [0.25, 0.3) is 0 Å². The number of amides is 1. The third kappa shape index (κ3) is 3.89. The Kier molecular flexibility index (Phi) is 5.06. The molecule has 0 radical (unpaired) electrons. The van der Waals surface area contributed by atoms with E-state index in [9.17, 15) is 9.59 Å². The van der Waals surface area contributed by atoms with Crippen molar-refractivity contribution in [2.75, 3.05) is 13.6 Å². The Hall–Kier alpha value is -1.10. The second-order valence-corrected chi connectivity index (χ2v) is 2.91. The first kappa shape index (κ1) is 11.9. The summed E-state index contributed by atoms with van der Waals surface area (Å²) in [5, 5.41) is 8.61. The molecule has 0 fully saturated rings. The lowest BCUT2D eigenvalue weighted by molar-refractivity contribution is -0.148. The summed E-state index contributed by atoms with van der Waals surface area (Å²) in [6, 6.07) is -0.773. The van der Waals surface area contributed by atoms with Gasteiger partial charge in [0.1, 0.15) is 6.04 Å². The molecule has 3 N–H and O–H groups in total. The van der Waals surface area contributed by atoms with Gasteiger partial charge in [0.15, 0.2) is 0 Å². The molecule has 5 nitrogen and oxygen atoms in total. The maximum absolute atomic E-state index is 11.3. The maximum Gasteiger partial charge on any atom is 0.326 e. The van der Waals surface area contributed by atoms with E-state index in [-0.39, 0.29) is 5.91 Å². The quantitative estimate of drug-likeness (QED) is 0.618. The molecule has 0 aliphatic heterocycles. The molecular formula is C8H16N2O3. The van der Waals surface area contributed by atoms with Crippen molar-refractivity contribution >= 4 is 11.9 Å². The lowest BCUT2D eigenvalue weighted by Gasteiger charge is -2.21. The predicted molar refractivity (Wildman–Crippen MR) is 48.2 cm³/mol. The average molecular weight is 188 g/mol. The number of nitrogens with two attached hydrogens (primary N) is 1. The van der Waals surface area contributed by atoms with Crippen LogP contribution in [0, 0.1) is 0 Å². The topological polar surface area (TPSA) is 83.6 Å². The van der Waals surface area contributed by atoms with Crippen LogP contribution in [0.5, 0.6) is 0 Å². The van der Waals surface area contributed by atoms with Crippen molar-refractivity contribution in [1.29, 1.82) is 0 Å². The maximum atomic E-state index is 11.3. The van der Waals surface area contributed by atoms with E-state index in [1.807, 2.05) is 0 Å². The van der Waals surface area contributed by atoms with Gasteiger partial charge in [0.25, 0.3) is 0 Å². The van der Waals surface area contributed by atoms with Gasteiger partial charge in [0.2, 0.25) is 5.91 Å². The van der Waals surface area contributed by atoms with Crippen molar-refractivity contribution in [1.82, 2.24) is 4.90 Å². The van der Waals surface area contributed by atoms with Gasteiger partial charge in [-0.05, 0) is 19.9 Å². The molecule has 1 amide bonds. The Balaban J connectivity index is 4.01. The van der Waals surface area contributed by atoms with Gasteiger partial charge in [-0.25, -0.2) is 4.79 Å². The summed E-state index contributed by atoms with van der Waals surface area (Å²) in [7, 11) is 1.48. The van der Waals surface area contributed by atoms with Gasteiger partial charge in [0.05, 0.1) is 0 Å². The molecule has 0 aromatic carbocycles. The molecule has 0 unspecified atom stereocenters. The standard InChI is InChI=1S/C8H16N2O3/c1-6(8(12)13)10(2)7(11)4-3-5-9/h6H,3-5,9H2,1-2H3,(H,12,13)/t6-/m0/s1. The van der Waals surface area contributed by atoms with Gasteiger partial charge in [0, 0.05) is 13.5 Å². The van der Waals surface area contributed by atoms with Crippen LogP contribution in [0.2, 0.25) is 0 Å². The SMILES string of the molecule is C[C@@H](C(=O)O)N(C)C(=O)CCCN. The van der Waals surface area contributed by atoms with E-state index in [0.29, 0.717) is 19.4 Å². The first-order valence-corrected chi connectivity index (χ1v) is 4.19. The summed E-state index contributed by atoms with van der Waals surface area (Å²) in [4.78, 5) is 23.0. The van der Waals surface area contributed by atoms with Crippen LogP contribution in [0.4, 0.5) is 0 Å². The third-order valence-corrected chi connectivity index (χ3v) is 1.93. The van der Waals surface area contributed by atoms with Crippen molar-refractivity contribution in [3.05, 3.63) is 0 Å². The van der Waals surface area contributed by atoms with Crippen molar-refractivity contribution in [3.63, 3.8) is 0 Å². The molecule has 0 saturated carbocycles. The van der Waals surface area contributed by atoms with Crippen LogP contribution < -0.4 is 5.73 Å². The molecule has 0 aromatic rings. The summed E-state index contributed by atoms with van der Waals surface area (Å²) in [6.07, 6.45) is 0.903. The van der Waals surface area contributed by atoms with Crippen molar-refractivity contribution < 1.29 is 14.7 Å². The number of carbonyl (C=O) groups excluding carboxylic acids is 1. The highest BCUT2D eigenvalue weighted by atomic mass is 16.4. The zero-order valence-electron chi connectivity index (χ0n) is 7.99. The molecule has 0 aliphatic rings. The second-order valence-electron chi connectivity index (χ2n) is 2.91. The van der Waals surface area contributed by atoms with E-state index in [0.717, 1.165) is 0 Å². The molecule has 0 aromatic heterocycles. The number of carbonyl (C=O) groups is 2. The highest BCUT2D eigenvalue weighted by Gasteiger charge is 2.20. The van der Waals surface area contributed by atoms with Crippen LogP contribution in [0.1, 0.15) is 19.8 Å². The molecule has 0 spiro atoms. The van der Waals surface area contributed by atoms with Crippen LogP contribution in [-0.4, -0.2) is 41.5 Å². The molecule has 0 rings (SSSR count). The van der Waals surface area contributed by atoms with E-state index in [1.165, 1.54) is 18.9 Å². The van der Waals surface area contributed by atoms with Crippen molar-refractivity contribution in [3.8, 4) is 0 Å². The van der Waals surface area contributed by atoms with Crippen molar-refractivity contribution in [2.45, 2.75) is 25.8 Å². The largest absolute Gasteiger partial charge is 0.480 e. The number of nitrogens with zero attached hydrogens (tertiary/aromatic N) is 1. The Morgan fingerprint density at radius 2 is 2.08 bits per heavy atom. The highest BCUT2D eigenvalue weighted by Crippen LogP contribution is 2.00. The van der Waals surface area contributed by atoms with Crippen LogP contribution in [-0.2, 0) is 9.59 Å². The number of likely N-dealkylation sites (N-methyl/N-ethyl adjacent to an activating group) is 1. The Morgan fingerprint density at radius 1 is 1.54 bits per heavy atom. The first-order valence-electron chi connectivity index (χ1n) is 4.19. The normalized spacial score (nSPS) is 12.2. The number of hydrogen-bond acceptors (Lipinski definition) is 3.